The van der Waals surface area contributed by atoms with Crippen LogP contribution in [-0.2, 0) is 23.1 Å². The van der Waals surface area contributed by atoms with E-state index in [1.165, 1.54) is 0 Å². The van der Waals surface area contributed by atoms with Crippen LogP contribution >= 0.6 is 7.60 Å². The third-order valence-corrected chi connectivity index (χ3v) is 11.0. The maximum atomic E-state index is 15.2. The molecule has 7 heteroatoms. The van der Waals surface area contributed by atoms with Gasteiger partial charge in [-0.25, -0.2) is 0 Å². The average molecular weight is 550 g/mol. The van der Waals surface area contributed by atoms with Crippen molar-refractivity contribution in [1.82, 2.24) is 4.98 Å². The summed E-state index contributed by atoms with van der Waals surface area (Å²) in [4.78, 5) is 17.5. The van der Waals surface area contributed by atoms with E-state index in [4.69, 9.17) is 13.8 Å². The smallest absolute Gasteiger partial charge is 0.376 e. The van der Waals surface area contributed by atoms with Crippen LogP contribution in [0.2, 0.25) is 0 Å². The molecule has 0 spiro atoms. The predicted octanol–water partition coefficient (Wildman–Crippen LogP) is 8.82. The van der Waals surface area contributed by atoms with E-state index in [1.807, 2.05) is 0 Å². The molecule has 0 aliphatic heterocycles. The quantitative estimate of drug-likeness (QED) is 0.226. The molecule has 2 aliphatic carbocycles. The van der Waals surface area contributed by atoms with Gasteiger partial charge >= 0.3 is 13.6 Å². The van der Waals surface area contributed by atoms with Crippen LogP contribution in [0, 0.1) is 40.9 Å². The summed E-state index contributed by atoms with van der Waals surface area (Å²) in [7, 11) is -3.98. The van der Waals surface area contributed by atoms with E-state index < -0.39 is 24.8 Å². The van der Waals surface area contributed by atoms with Crippen molar-refractivity contribution in [2.45, 2.75) is 119 Å². The summed E-state index contributed by atoms with van der Waals surface area (Å²) in [5, 5.41) is 0. The fourth-order valence-corrected chi connectivity index (χ4v) is 8.11. The monoisotopic (exact) mass is 549 g/mol. The summed E-state index contributed by atoms with van der Waals surface area (Å²) < 4.78 is 34.6. The molecule has 7 atom stereocenters. The van der Waals surface area contributed by atoms with E-state index in [0.717, 1.165) is 38.5 Å². The lowest BCUT2D eigenvalue weighted by atomic mass is 9.76. The van der Waals surface area contributed by atoms with Gasteiger partial charge in [-0.1, -0.05) is 47.6 Å². The summed E-state index contributed by atoms with van der Waals surface area (Å²) in [6.07, 6.45) is 8.79. The van der Waals surface area contributed by atoms with Gasteiger partial charge in [0, 0.05) is 18.0 Å². The Hall–Kier alpha value is -1.23. The molecular formula is C31H52NO5P. The topological polar surface area (TPSA) is 74.7 Å². The van der Waals surface area contributed by atoms with Crippen molar-refractivity contribution in [3.05, 3.63) is 30.1 Å². The van der Waals surface area contributed by atoms with Gasteiger partial charge in [0.1, 0.15) is 0 Å². The fourth-order valence-electron chi connectivity index (χ4n) is 5.76. The molecule has 0 saturated heterocycles. The van der Waals surface area contributed by atoms with Crippen LogP contribution in [0.15, 0.2) is 24.5 Å². The van der Waals surface area contributed by atoms with Gasteiger partial charge in [-0.05, 0) is 101 Å². The predicted molar refractivity (Wildman–Crippen MR) is 153 cm³/mol. The third kappa shape index (κ3) is 7.92. The Morgan fingerprint density at radius 1 is 0.921 bits per heavy atom. The van der Waals surface area contributed by atoms with Gasteiger partial charge in [0.2, 0.25) is 5.85 Å². The largest absolute Gasteiger partial charge is 0.444 e. The Morgan fingerprint density at radius 2 is 1.42 bits per heavy atom. The second kappa shape index (κ2) is 13.0. The maximum absolute atomic E-state index is 15.2. The first-order chi connectivity index (χ1) is 17.7. The van der Waals surface area contributed by atoms with E-state index in [2.05, 4.69) is 46.5 Å². The van der Waals surface area contributed by atoms with E-state index >= 15 is 4.57 Å². The third-order valence-electron chi connectivity index (χ3n) is 8.86. The van der Waals surface area contributed by atoms with Crippen LogP contribution < -0.4 is 0 Å². The van der Waals surface area contributed by atoms with Crippen LogP contribution in [0.5, 0.6) is 0 Å². The summed E-state index contributed by atoms with van der Waals surface area (Å²) in [6.45, 7) is 18.7. The lowest BCUT2D eigenvalue weighted by Gasteiger charge is -2.42. The Kier molecular flexibility index (Phi) is 10.7. The van der Waals surface area contributed by atoms with Crippen LogP contribution in [0.1, 0.15) is 112 Å². The minimum atomic E-state index is -3.98. The highest BCUT2D eigenvalue weighted by molar-refractivity contribution is 7.54. The number of ether oxygens (including phenoxy) is 1. The van der Waals surface area contributed by atoms with Gasteiger partial charge < -0.3 is 13.8 Å². The summed E-state index contributed by atoms with van der Waals surface area (Å²) in [5.74, 6) is 0.909. The Balaban J connectivity index is 2.03. The van der Waals surface area contributed by atoms with Crippen molar-refractivity contribution in [3.63, 3.8) is 0 Å². The van der Waals surface area contributed by atoms with Crippen molar-refractivity contribution in [2.75, 3.05) is 0 Å². The molecule has 1 aromatic heterocycles. The molecule has 3 rings (SSSR count). The van der Waals surface area contributed by atoms with Gasteiger partial charge in [0.15, 0.2) is 0 Å². The number of nitrogens with zero attached hydrogens (tertiary/aromatic N) is 1. The van der Waals surface area contributed by atoms with Crippen molar-refractivity contribution in [1.29, 1.82) is 0 Å². The van der Waals surface area contributed by atoms with E-state index in [0.29, 0.717) is 29.2 Å². The number of pyridine rings is 1. The molecule has 2 saturated carbocycles. The van der Waals surface area contributed by atoms with Gasteiger partial charge in [-0.2, -0.15) is 0 Å². The van der Waals surface area contributed by atoms with Crippen molar-refractivity contribution in [2.24, 2.45) is 40.9 Å². The number of carbonyl (C=O) groups excluding carboxylic acids is 1. The molecule has 216 valence electrons. The Morgan fingerprint density at radius 3 is 1.82 bits per heavy atom. The number of rotatable bonds is 9. The first kappa shape index (κ1) is 31.3. The van der Waals surface area contributed by atoms with Crippen molar-refractivity contribution >= 4 is 13.6 Å². The molecule has 1 heterocycles. The van der Waals surface area contributed by atoms with E-state index in [-0.39, 0.29) is 24.0 Å². The van der Waals surface area contributed by atoms with Gasteiger partial charge in [0.25, 0.3) is 0 Å². The standard InChI is InChI=1S/C31H52NO5P/c1-20(2)24-14-12-22(5)27(17-24)36-38(34,37-28-18-25(21(3)4)15-13-23(28)6)29(26-11-10-16-32-19-26)35-30(33)31(7,8)9/h10-11,16,19-25,27-29H,12-15,17-18H2,1-9H3. The molecule has 1 aromatic rings. The number of esters is 1. The van der Waals surface area contributed by atoms with Gasteiger partial charge in [-0.15, -0.1) is 0 Å². The SMILES string of the molecule is CC(C)C1CCC(C)C(OP(=O)(OC2CC(C(C)C)CCC2C)C(OC(=O)C(C)(C)C)c2cccnc2)C1. The summed E-state index contributed by atoms with van der Waals surface area (Å²) >= 11 is 0. The Labute approximate surface area is 231 Å². The number of carbonyl (C=O) groups is 1. The molecular weight excluding hydrogens is 497 g/mol. The van der Waals surface area contributed by atoms with Crippen LogP contribution in [0.25, 0.3) is 0 Å². The van der Waals surface area contributed by atoms with Crippen LogP contribution in [0.3, 0.4) is 0 Å². The molecule has 7 unspecified atom stereocenters. The normalized spacial score (nSPS) is 31.1. The zero-order chi connectivity index (χ0) is 28.3. The highest BCUT2D eigenvalue weighted by atomic mass is 31.2. The summed E-state index contributed by atoms with van der Waals surface area (Å²) in [5.41, 5.74) is -0.228. The van der Waals surface area contributed by atoms with Gasteiger partial charge in [-0.3, -0.25) is 14.3 Å². The van der Waals surface area contributed by atoms with Crippen molar-refractivity contribution < 1.29 is 23.1 Å². The van der Waals surface area contributed by atoms with Gasteiger partial charge in [0.05, 0.1) is 17.6 Å². The highest BCUT2D eigenvalue weighted by Crippen LogP contribution is 2.65. The molecule has 0 aromatic carbocycles. The molecule has 2 fully saturated rings. The molecule has 0 bridgehead atoms. The summed E-state index contributed by atoms with van der Waals surface area (Å²) in [6, 6.07) is 3.57. The number of hydrogen-bond donors (Lipinski definition) is 0. The second-order valence-corrected chi connectivity index (χ2v) is 15.7. The molecule has 0 radical (unpaired) electrons. The fraction of sp³-hybridized carbons (Fsp3) is 0.806. The second-order valence-electron chi connectivity index (χ2n) is 13.7. The number of hydrogen-bond acceptors (Lipinski definition) is 6. The highest BCUT2D eigenvalue weighted by Gasteiger charge is 2.49. The Bertz CT molecular complexity index is 905. The lowest BCUT2D eigenvalue weighted by molar-refractivity contribution is -0.156. The molecule has 6 nitrogen and oxygen atoms in total. The molecule has 0 N–H and O–H groups in total. The zero-order valence-corrected chi connectivity index (χ0v) is 26.1. The molecule has 0 amide bonds. The maximum Gasteiger partial charge on any atom is 0.376 e. The van der Waals surface area contributed by atoms with E-state index in [9.17, 15) is 4.79 Å². The first-order valence-corrected chi connectivity index (χ1v) is 16.4. The van der Waals surface area contributed by atoms with Crippen molar-refractivity contribution in [3.8, 4) is 0 Å². The molecule has 2 aliphatic rings. The first-order valence-electron chi connectivity index (χ1n) is 14.8. The lowest BCUT2D eigenvalue weighted by Crippen LogP contribution is -2.36. The zero-order valence-electron chi connectivity index (χ0n) is 25.2. The minimum Gasteiger partial charge on any atom is -0.444 e. The minimum absolute atomic E-state index is 0.228. The number of aromatic nitrogens is 1. The van der Waals surface area contributed by atoms with Crippen LogP contribution in [0.4, 0.5) is 0 Å². The van der Waals surface area contributed by atoms with E-state index in [1.54, 1.807) is 45.3 Å². The average Bonchev–Trinajstić information content (AvgIpc) is 2.84. The van der Waals surface area contributed by atoms with Crippen LogP contribution in [-0.4, -0.2) is 23.2 Å². The molecule has 38 heavy (non-hydrogen) atoms.